The van der Waals surface area contributed by atoms with Crippen LogP contribution in [0.25, 0.3) is 0 Å². The highest BCUT2D eigenvalue weighted by atomic mass is 35.7. The lowest BCUT2D eigenvalue weighted by atomic mass is 10.1. The Morgan fingerprint density at radius 1 is 1.42 bits per heavy atom. The van der Waals surface area contributed by atoms with Gasteiger partial charge in [-0.25, -0.2) is 17.2 Å². The summed E-state index contributed by atoms with van der Waals surface area (Å²) in [6.07, 6.45) is -2.71. The van der Waals surface area contributed by atoms with Crippen LogP contribution in [0.5, 0.6) is 0 Å². The number of halogens is 4. The summed E-state index contributed by atoms with van der Waals surface area (Å²) in [6, 6.07) is 2.27. The van der Waals surface area contributed by atoms with Crippen molar-refractivity contribution < 1.29 is 22.0 Å². The van der Waals surface area contributed by atoms with E-state index in [9.17, 15) is 22.0 Å². The van der Waals surface area contributed by atoms with Crippen molar-refractivity contribution in [1.29, 1.82) is 0 Å². The summed E-state index contributed by atoms with van der Waals surface area (Å²) < 4.78 is 46.6. The van der Waals surface area contributed by atoms with Crippen molar-refractivity contribution >= 4 is 37.2 Å². The van der Waals surface area contributed by atoms with E-state index in [0.29, 0.717) is 0 Å². The number of alkyl halides is 2. The predicted molar refractivity (Wildman–Crippen MR) is 67.6 cm³/mol. The molecule has 0 fully saturated rings. The first-order chi connectivity index (χ1) is 8.62. The van der Waals surface area contributed by atoms with Crippen LogP contribution in [0.1, 0.15) is 15.9 Å². The molecule has 0 spiro atoms. The second kappa shape index (κ2) is 6.02. The molecular formula is C10H9Cl2F2NO3S. The van der Waals surface area contributed by atoms with Gasteiger partial charge in [0.1, 0.15) is 0 Å². The van der Waals surface area contributed by atoms with E-state index in [1.54, 1.807) is 0 Å². The standard InChI is InChI=1S/C10H9Cl2F2NO3S/c1-5-7(10(16)15-4-9(13)14)2-6(11)3-8(5)19(12,17)18/h2-3,9H,4H2,1H3,(H,15,16). The number of carbonyl (C=O) groups is 1. The Balaban J connectivity index is 3.22. The van der Waals surface area contributed by atoms with Crippen molar-refractivity contribution in [3.63, 3.8) is 0 Å². The third-order valence-electron chi connectivity index (χ3n) is 2.25. The molecule has 0 unspecified atom stereocenters. The summed E-state index contributed by atoms with van der Waals surface area (Å²) >= 11 is 5.68. The lowest BCUT2D eigenvalue weighted by Gasteiger charge is -2.10. The summed E-state index contributed by atoms with van der Waals surface area (Å²) in [7, 11) is 1.12. The molecule has 0 aliphatic carbocycles. The van der Waals surface area contributed by atoms with E-state index in [4.69, 9.17) is 22.3 Å². The van der Waals surface area contributed by atoms with Crippen LogP contribution in [0.2, 0.25) is 5.02 Å². The van der Waals surface area contributed by atoms with Gasteiger partial charge in [-0.15, -0.1) is 0 Å². The monoisotopic (exact) mass is 331 g/mol. The van der Waals surface area contributed by atoms with Gasteiger partial charge in [-0.3, -0.25) is 4.79 Å². The van der Waals surface area contributed by atoms with Gasteiger partial charge in [0.2, 0.25) is 0 Å². The molecule has 0 aromatic heterocycles. The highest BCUT2D eigenvalue weighted by molar-refractivity contribution is 8.13. The molecule has 19 heavy (non-hydrogen) atoms. The average molecular weight is 332 g/mol. The number of nitrogens with one attached hydrogen (secondary N) is 1. The molecular weight excluding hydrogens is 323 g/mol. The molecule has 1 amide bonds. The summed E-state index contributed by atoms with van der Waals surface area (Å²) in [5.41, 5.74) is -0.0708. The Labute approximate surface area is 118 Å². The molecule has 1 N–H and O–H groups in total. The second-order valence-corrected chi connectivity index (χ2v) is 6.59. The van der Waals surface area contributed by atoms with Crippen LogP contribution in [0.15, 0.2) is 17.0 Å². The van der Waals surface area contributed by atoms with Gasteiger partial charge >= 0.3 is 0 Å². The minimum Gasteiger partial charge on any atom is -0.346 e. The fraction of sp³-hybridized carbons (Fsp3) is 0.300. The Morgan fingerprint density at radius 2 is 2.00 bits per heavy atom. The molecule has 0 atom stereocenters. The second-order valence-electron chi connectivity index (χ2n) is 3.62. The third kappa shape index (κ3) is 4.29. The fourth-order valence-electron chi connectivity index (χ4n) is 1.41. The van der Waals surface area contributed by atoms with E-state index < -0.39 is 27.9 Å². The van der Waals surface area contributed by atoms with Crippen molar-refractivity contribution in [2.24, 2.45) is 0 Å². The Bertz CT molecular complexity index is 605. The number of rotatable bonds is 4. The van der Waals surface area contributed by atoms with Gasteiger partial charge in [0, 0.05) is 21.3 Å². The molecule has 0 aliphatic rings. The third-order valence-corrected chi connectivity index (χ3v) is 3.92. The Kier molecular flexibility index (Phi) is 5.11. The smallest absolute Gasteiger partial charge is 0.261 e. The van der Waals surface area contributed by atoms with Gasteiger partial charge in [-0.05, 0) is 24.6 Å². The van der Waals surface area contributed by atoms with Crippen LogP contribution in [0.3, 0.4) is 0 Å². The molecule has 106 valence electrons. The van der Waals surface area contributed by atoms with E-state index >= 15 is 0 Å². The quantitative estimate of drug-likeness (QED) is 0.862. The van der Waals surface area contributed by atoms with Crippen LogP contribution in [0.4, 0.5) is 8.78 Å². The van der Waals surface area contributed by atoms with Gasteiger partial charge in [-0.1, -0.05) is 11.6 Å². The van der Waals surface area contributed by atoms with Gasteiger partial charge in [-0.2, -0.15) is 0 Å². The molecule has 1 aromatic rings. The highest BCUT2D eigenvalue weighted by Crippen LogP contribution is 2.26. The first-order valence-electron chi connectivity index (χ1n) is 4.94. The van der Waals surface area contributed by atoms with Gasteiger partial charge in [0.15, 0.2) is 0 Å². The largest absolute Gasteiger partial charge is 0.346 e. The maximum atomic E-state index is 12.0. The lowest BCUT2D eigenvalue weighted by molar-refractivity contribution is 0.0891. The molecule has 9 heteroatoms. The highest BCUT2D eigenvalue weighted by Gasteiger charge is 2.21. The van der Waals surface area contributed by atoms with Crippen LogP contribution < -0.4 is 5.32 Å². The van der Waals surface area contributed by atoms with Gasteiger partial charge < -0.3 is 5.32 Å². The zero-order valence-electron chi connectivity index (χ0n) is 9.58. The minimum absolute atomic E-state index is 0.0352. The normalized spacial score (nSPS) is 11.7. The lowest BCUT2D eigenvalue weighted by Crippen LogP contribution is -2.29. The number of hydrogen-bond donors (Lipinski definition) is 1. The summed E-state index contributed by atoms with van der Waals surface area (Å²) in [5, 5.41) is 1.92. The molecule has 0 heterocycles. The van der Waals surface area contributed by atoms with E-state index in [0.717, 1.165) is 6.07 Å². The van der Waals surface area contributed by atoms with E-state index in [-0.39, 0.29) is 21.0 Å². The van der Waals surface area contributed by atoms with E-state index in [1.807, 2.05) is 5.32 Å². The first kappa shape index (κ1) is 16.1. The molecule has 0 aliphatic heterocycles. The zero-order valence-corrected chi connectivity index (χ0v) is 11.9. The maximum Gasteiger partial charge on any atom is 0.261 e. The Morgan fingerprint density at radius 3 is 2.47 bits per heavy atom. The van der Waals surface area contributed by atoms with Crippen LogP contribution in [0, 0.1) is 6.92 Å². The SMILES string of the molecule is Cc1c(C(=O)NCC(F)F)cc(Cl)cc1S(=O)(=O)Cl. The van der Waals surface area contributed by atoms with Crippen molar-refractivity contribution in [2.75, 3.05) is 6.54 Å². The zero-order chi connectivity index (χ0) is 14.8. The van der Waals surface area contributed by atoms with E-state index in [1.165, 1.54) is 13.0 Å². The predicted octanol–water partition coefficient (Wildman–Crippen LogP) is 2.57. The summed E-state index contributed by atoms with van der Waals surface area (Å²) in [4.78, 5) is 11.3. The van der Waals surface area contributed by atoms with Crippen LogP contribution >= 0.6 is 22.3 Å². The van der Waals surface area contributed by atoms with Crippen LogP contribution in [-0.4, -0.2) is 27.3 Å². The Hall–Kier alpha value is -0.920. The number of benzene rings is 1. The van der Waals surface area contributed by atoms with Crippen molar-refractivity contribution in [1.82, 2.24) is 5.32 Å². The van der Waals surface area contributed by atoms with Crippen molar-refractivity contribution in [3.05, 3.63) is 28.3 Å². The molecule has 0 saturated heterocycles. The number of carbonyl (C=O) groups excluding carboxylic acids is 1. The van der Waals surface area contributed by atoms with E-state index in [2.05, 4.69) is 0 Å². The molecule has 0 bridgehead atoms. The first-order valence-corrected chi connectivity index (χ1v) is 7.63. The maximum absolute atomic E-state index is 12.0. The number of amides is 1. The molecule has 0 radical (unpaired) electrons. The molecule has 4 nitrogen and oxygen atoms in total. The number of hydrogen-bond acceptors (Lipinski definition) is 3. The average Bonchev–Trinajstić information content (AvgIpc) is 2.27. The van der Waals surface area contributed by atoms with Crippen LogP contribution in [-0.2, 0) is 9.05 Å². The van der Waals surface area contributed by atoms with Crippen molar-refractivity contribution in [2.45, 2.75) is 18.2 Å². The van der Waals surface area contributed by atoms with Gasteiger partial charge in [0.25, 0.3) is 21.4 Å². The van der Waals surface area contributed by atoms with Gasteiger partial charge in [0.05, 0.1) is 11.4 Å². The van der Waals surface area contributed by atoms with Crippen molar-refractivity contribution in [3.8, 4) is 0 Å². The summed E-state index contributed by atoms with van der Waals surface area (Å²) in [6.45, 7) is 0.497. The molecule has 1 aromatic carbocycles. The molecule has 0 saturated carbocycles. The summed E-state index contributed by atoms with van der Waals surface area (Å²) in [5.74, 6) is -0.845. The topological polar surface area (TPSA) is 63.2 Å². The fourth-order valence-corrected chi connectivity index (χ4v) is 2.92. The minimum atomic E-state index is -4.08. The molecule has 1 rings (SSSR count).